The Morgan fingerprint density at radius 1 is 1.23 bits per heavy atom. The SMILES string of the molecule is NCc1ccccc1CC(=O)NC1C(=O)N2C(C(=O)O)=C(CSc3nnnn3CC(=O)O)CS[C@@H]12. The van der Waals surface area contributed by atoms with Crippen LogP contribution in [0.5, 0.6) is 0 Å². The number of carbonyl (C=O) groups is 4. The number of hydrogen-bond donors (Lipinski definition) is 4. The van der Waals surface area contributed by atoms with E-state index in [-0.39, 0.29) is 35.5 Å². The van der Waals surface area contributed by atoms with Gasteiger partial charge in [0.25, 0.3) is 5.91 Å². The molecule has 0 spiro atoms. The minimum atomic E-state index is -1.26. The number of aliphatic carboxylic acids is 2. The third kappa shape index (κ3) is 5.16. The summed E-state index contributed by atoms with van der Waals surface area (Å²) in [5, 5.41) is 32.0. The first-order chi connectivity index (χ1) is 16.8. The Labute approximate surface area is 207 Å². The highest BCUT2D eigenvalue weighted by Gasteiger charge is 2.54. The number of nitrogens with zero attached hydrogens (tertiary/aromatic N) is 5. The minimum absolute atomic E-state index is 0.0586. The second-order valence-corrected chi connectivity index (χ2v) is 9.71. The lowest BCUT2D eigenvalue weighted by Crippen LogP contribution is -2.70. The van der Waals surface area contributed by atoms with Crippen molar-refractivity contribution in [2.75, 3.05) is 11.5 Å². The fourth-order valence-electron chi connectivity index (χ4n) is 3.80. The zero-order valence-corrected chi connectivity index (χ0v) is 19.8. The van der Waals surface area contributed by atoms with Crippen LogP contribution in [-0.4, -0.2) is 82.0 Å². The maximum atomic E-state index is 12.8. The predicted octanol–water partition coefficient (Wildman–Crippen LogP) is -0.710. The third-order valence-corrected chi connectivity index (χ3v) is 7.80. The third-order valence-electron chi connectivity index (χ3n) is 5.42. The molecule has 2 amide bonds. The molecule has 4 rings (SSSR count). The summed E-state index contributed by atoms with van der Waals surface area (Å²) in [6.07, 6.45) is 0.0586. The Kier molecular flexibility index (Phi) is 7.37. The molecule has 1 aromatic heterocycles. The van der Waals surface area contributed by atoms with Crippen molar-refractivity contribution in [3.8, 4) is 0 Å². The van der Waals surface area contributed by atoms with E-state index in [9.17, 15) is 24.3 Å². The standard InChI is InChI=1S/C20H21N7O6S2/c21-6-11-4-2-1-3-10(11)5-13(28)22-15-17(31)27-16(19(32)33)12(8-34-18(15)27)9-35-20-23-24-25-26(20)7-14(29)30/h1-4,15,18H,5-9,21H2,(H,22,28)(H,29,30)(H,32,33)/t15?,18-/m0/s1. The topological polar surface area (TPSA) is 194 Å². The smallest absolute Gasteiger partial charge is 0.352 e. The molecule has 35 heavy (non-hydrogen) atoms. The van der Waals surface area contributed by atoms with Crippen molar-refractivity contribution in [1.29, 1.82) is 0 Å². The number of tetrazole rings is 1. The number of hydrogen-bond acceptors (Lipinski definition) is 10. The first-order valence-electron chi connectivity index (χ1n) is 10.4. The molecule has 0 saturated carbocycles. The highest BCUT2D eigenvalue weighted by molar-refractivity contribution is 8.01. The molecule has 0 aliphatic carbocycles. The van der Waals surface area contributed by atoms with Crippen molar-refractivity contribution < 1.29 is 29.4 Å². The van der Waals surface area contributed by atoms with Gasteiger partial charge < -0.3 is 21.3 Å². The average molecular weight is 520 g/mol. The van der Waals surface area contributed by atoms with Crippen LogP contribution in [0, 0.1) is 0 Å². The molecule has 184 valence electrons. The van der Waals surface area contributed by atoms with Crippen LogP contribution < -0.4 is 11.1 Å². The van der Waals surface area contributed by atoms with Crippen LogP contribution in [0.1, 0.15) is 11.1 Å². The highest BCUT2D eigenvalue weighted by atomic mass is 32.2. The van der Waals surface area contributed by atoms with Crippen LogP contribution in [0.3, 0.4) is 0 Å². The molecule has 1 saturated heterocycles. The second-order valence-electron chi connectivity index (χ2n) is 7.66. The van der Waals surface area contributed by atoms with E-state index in [1.165, 1.54) is 16.7 Å². The van der Waals surface area contributed by atoms with E-state index in [4.69, 9.17) is 10.8 Å². The Balaban J connectivity index is 1.43. The first kappa shape index (κ1) is 24.7. The van der Waals surface area contributed by atoms with Gasteiger partial charge in [-0.2, -0.15) is 0 Å². The van der Waals surface area contributed by atoms with Gasteiger partial charge in [-0.25, -0.2) is 9.48 Å². The van der Waals surface area contributed by atoms with E-state index in [1.807, 2.05) is 12.1 Å². The van der Waals surface area contributed by atoms with Gasteiger partial charge in [0.05, 0.1) is 6.42 Å². The lowest BCUT2D eigenvalue weighted by molar-refractivity contribution is -0.150. The van der Waals surface area contributed by atoms with Crippen molar-refractivity contribution in [2.24, 2.45) is 5.73 Å². The van der Waals surface area contributed by atoms with E-state index in [1.54, 1.807) is 12.1 Å². The summed E-state index contributed by atoms with van der Waals surface area (Å²) in [5.41, 5.74) is 7.66. The van der Waals surface area contributed by atoms with Gasteiger partial charge in [0.2, 0.25) is 11.1 Å². The number of β-lactam (4-membered cyclic amide) rings is 1. The molecular formula is C20H21N7O6S2. The summed E-state index contributed by atoms with van der Waals surface area (Å²) in [4.78, 5) is 49.6. The molecule has 2 atom stereocenters. The molecular weight excluding hydrogens is 498 g/mol. The second kappa shape index (κ2) is 10.5. The summed E-state index contributed by atoms with van der Waals surface area (Å²) in [7, 11) is 0. The molecule has 2 aliphatic heterocycles. The molecule has 1 aromatic carbocycles. The van der Waals surface area contributed by atoms with E-state index < -0.39 is 35.8 Å². The molecule has 15 heteroatoms. The van der Waals surface area contributed by atoms with Gasteiger partial charge in [0, 0.05) is 18.1 Å². The van der Waals surface area contributed by atoms with Crippen molar-refractivity contribution in [2.45, 2.75) is 36.1 Å². The van der Waals surface area contributed by atoms with Gasteiger partial charge in [0.1, 0.15) is 23.7 Å². The van der Waals surface area contributed by atoms with Gasteiger partial charge >= 0.3 is 11.9 Å². The lowest BCUT2D eigenvalue weighted by Gasteiger charge is -2.49. The number of benzene rings is 1. The fraction of sp³-hybridized carbons (Fsp3) is 0.350. The average Bonchev–Trinajstić information content (AvgIpc) is 3.26. The number of rotatable bonds is 10. The maximum Gasteiger partial charge on any atom is 0.352 e. The van der Waals surface area contributed by atoms with Gasteiger partial charge in [-0.1, -0.05) is 36.0 Å². The predicted molar refractivity (Wildman–Crippen MR) is 124 cm³/mol. The van der Waals surface area contributed by atoms with E-state index >= 15 is 0 Å². The number of nitrogens with one attached hydrogen (secondary N) is 1. The van der Waals surface area contributed by atoms with Crippen molar-refractivity contribution in [3.63, 3.8) is 0 Å². The summed E-state index contributed by atoms with van der Waals surface area (Å²) < 4.78 is 1.09. The molecule has 2 aromatic rings. The van der Waals surface area contributed by atoms with E-state index in [2.05, 4.69) is 20.8 Å². The molecule has 0 radical (unpaired) electrons. The molecule has 1 unspecified atom stereocenters. The van der Waals surface area contributed by atoms with Crippen molar-refractivity contribution in [1.82, 2.24) is 30.4 Å². The normalized spacial score (nSPS) is 19.2. The number of aromatic nitrogens is 4. The van der Waals surface area contributed by atoms with Crippen LogP contribution >= 0.6 is 23.5 Å². The monoisotopic (exact) mass is 519 g/mol. The zero-order chi connectivity index (χ0) is 25.1. The Bertz CT molecular complexity index is 1220. The zero-order valence-electron chi connectivity index (χ0n) is 18.2. The number of carbonyl (C=O) groups excluding carboxylic acids is 2. The number of fused-ring (bicyclic) bond motifs is 1. The summed E-state index contributed by atoms with van der Waals surface area (Å²) in [6.45, 7) is -0.146. The quantitative estimate of drug-likeness (QED) is 0.228. The maximum absolute atomic E-state index is 12.8. The molecule has 13 nitrogen and oxygen atoms in total. The minimum Gasteiger partial charge on any atom is -0.480 e. The Morgan fingerprint density at radius 2 is 1.97 bits per heavy atom. The lowest BCUT2D eigenvalue weighted by atomic mass is 10.0. The molecule has 1 fully saturated rings. The van der Waals surface area contributed by atoms with Gasteiger partial charge in [0.15, 0.2) is 0 Å². The van der Waals surface area contributed by atoms with Crippen LogP contribution in [0.15, 0.2) is 40.7 Å². The van der Waals surface area contributed by atoms with Crippen molar-refractivity contribution in [3.05, 3.63) is 46.7 Å². The number of carboxylic acids is 2. The molecule has 5 N–H and O–H groups in total. The number of amides is 2. The van der Waals surface area contributed by atoms with Crippen LogP contribution in [-0.2, 0) is 38.7 Å². The summed E-state index contributed by atoms with van der Waals surface area (Å²) >= 11 is 2.42. The van der Waals surface area contributed by atoms with Crippen molar-refractivity contribution >= 4 is 47.3 Å². The van der Waals surface area contributed by atoms with Crippen LogP contribution in [0.4, 0.5) is 0 Å². The number of thioether (sulfide) groups is 2. The molecule has 2 aliphatic rings. The number of carboxylic acid groups (broad SMARTS) is 2. The summed E-state index contributed by atoms with van der Waals surface area (Å²) in [5.74, 6) is -2.77. The Hall–Kier alpha value is -3.43. The molecule has 0 bridgehead atoms. The van der Waals surface area contributed by atoms with E-state index in [0.29, 0.717) is 11.3 Å². The van der Waals surface area contributed by atoms with Gasteiger partial charge in [-0.05, 0) is 27.1 Å². The Morgan fingerprint density at radius 3 is 2.66 bits per heavy atom. The molecule has 3 heterocycles. The van der Waals surface area contributed by atoms with E-state index in [0.717, 1.165) is 27.6 Å². The van der Waals surface area contributed by atoms with Gasteiger partial charge in [-0.15, -0.1) is 16.9 Å². The highest BCUT2D eigenvalue weighted by Crippen LogP contribution is 2.41. The number of nitrogens with two attached hydrogens (primary N) is 1. The first-order valence-corrected chi connectivity index (χ1v) is 12.4. The summed E-state index contributed by atoms with van der Waals surface area (Å²) in [6, 6.07) is 6.44. The van der Waals surface area contributed by atoms with Crippen LogP contribution in [0.2, 0.25) is 0 Å². The van der Waals surface area contributed by atoms with Crippen LogP contribution in [0.25, 0.3) is 0 Å². The fourth-order valence-corrected chi connectivity index (χ4v) is 6.16. The largest absolute Gasteiger partial charge is 0.480 e. The van der Waals surface area contributed by atoms with Gasteiger partial charge in [-0.3, -0.25) is 19.3 Å².